The molecule has 2 heterocycles. The van der Waals surface area contributed by atoms with Crippen molar-refractivity contribution < 1.29 is 23.7 Å². The molecule has 1 aromatic heterocycles. The van der Waals surface area contributed by atoms with Gasteiger partial charge in [0.15, 0.2) is 16.3 Å². The van der Waals surface area contributed by atoms with E-state index >= 15 is 0 Å². The van der Waals surface area contributed by atoms with Gasteiger partial charge in [-0.1, -0.05) is 64.9 Å². The van der Waals surface area contributed by atoms with Crippen molar-refractivity contribution in [1.82, 2.24) is 4.57 Å². The molecule has 0 saturated heterocycles. The first-order valence-corrected chi connectivity index (χ1v) is 15.5. The molecular formula is C33H30Cl2N2O6S. The maximum Gasteiger partial charge on any atom is 0.338 e. The molecule has 4 aromatic rings. The fourth-order valence-electron chi connectivity index (χ4n) is 4.91. The first-order valence-electron chi connectivity index (χ1n) is 13.9. The average molecular weight is 654 g/mol. The molecule has 0 fully saturated rings. The minimum atomic E-state index is -0.776. The number of carbonyl (C=O) groups excluding carboxylic acids is 1. The first-order chi connectivity index (χ1) is 21.2. The van der Waals surface area contributed by atoms with Gasteiger partial charge < -0.3 is 18.9 Å². The first kappa shape index (κ1) is 31.4. The number of aromatic nitrogens is 1. The summed E-state index contributed by atoms with van der Waals surface area (Å²) < 4.78 is 24.9. The quantitative estimate of drug-likeness (QED) is 0.193. The van der Waals surface area contributed by atoms with E-state index in [4.69, 9.17) is 42.1 Å². The van der Waals surface area contributed by atoms with Gasteiger partial charge in [-0.25, -0.2) is 9.79 Å². The van der Waals surface area contributed by atoms with Gasteiger partial charge in [0.1, 0.15) is 18.4 Å². The molecule has 228 valence electrons. The summed E-state index contributed by atoms with van der Waals surface area (Å²) in [7, 11) is 1.55. The molecule has 1 aliphatic heterocycles. The van der Waals surface area contributed by atoms with Gasteiger partial charge in [-0.15, -0.1) is 0 Å². The normalized spacial score (nSPS) is 14.6. The van der Waals surface area contributed by atoms with Gasteiger partial charge in [-0.05, 0) is 68.3 Å². The molecule has 11 heteroatoms. The fourth-order valence-corrected chi connectivity index (χ4v) is 6.28. The van der Waals surface area contributed by atoms with Crippen molar-refractivity contribution >= 4 is 46.6 Å². The minimum absolute atomic E-state index is 0.189. The van der Waals surface area contributed by atoms with Crippen molar-refractivity contribution in [3.63, 3.8) is 0 Å². The fraction of sp³-hybridized carbons (Fsp3) is 0.242. The van der Waals surface area contributed by atoms with Crippen LogP contribution in [-0.4, -0.2) is 30.9 Å². The molecule has 0 spiro atoms. The summed E-state index contributed by atoms with van der Waals surface area (Å²) in [6.45, 7) is 6.25. The molecule has 0 radical (unpaired) electrons. The molecule has 0 aliphatic carbocycles. The molecule has 5 rings (SSSR count). The number of allylic oxidation sites excluding steroid dienone is 1. The summed E-state index contributed by atoms with van der Waals surface area (Å²) in [6.07, 6.45) is 1.77. The number of thiazole rings is 1. The number of hydrogen-bond acceptors (Lipinski definition) is 8. The second-order valence-corrected chi connectivity index (χ2v) is 11.5. The van der Waals surface area contributed by atoms with Gasteiger partial charge in [-0.3, -0.25) is 9.36 Å². The molecule has 0 bridgehead atoms. The monoisotopic (exact) mass is 652 g/mol. The maximum absolute atomic E-state index is 14.0. The van der Waals surface area contributed by atoms with E-state index in [1.54, 1.807) is 55.9 Å². The number of halogens is 2. The summed E-state index contributed by atoms with van der Waals surface area (Å²) in [6, 6.07) is 17.3. The zero-order valence-corrected chi connectivity index (χ0v) is 26.9. The van der Waals surface area contributed by atoms with Crippen LogP contribution >= 0.6 is 34.5 Å². The van der Waals surface area contributed by atoms with Crippen molar-refractivity contribution in [2.24, 2.45) is 4.99 Å². The number of carbonyl (C=O) groups is 1. The number of hydrogen-bond donors (Lipinski definition) is 0. The Kier molecular flexibility index (Phi) is 9.78. The summed E-state index contributed by atoms with van der Waals surface area (Å²) in [5, 5.41) is 0.921. The van der Waals surface area contributed by atoms with Crippen LogP contribution in [-0.2, 0) is 16.1 Å². The molecule has 44 heavy (non-hydrogen) atoms. The predicted octanol–water partition coefficient (Wildman–Crippen LogP) is 6.09. The van der Waals surface area contributed by atoms with E-state index in [1.165, 1.54) is 11.3 Å². The van der Waals surface area contributed by atoms with E-state index in [2.05, 4.69) is 4.99 Å². The second kappa shape index (κ2) is 13.7. The van der Waals surface area contributed by atoms with Gasteiger partial charge >= 0.3 is 5.97 Å². The van der Waals surface area contributed by atoms with Crippen LogP contribution in [0, 0.1) is 0 Å². The largest absolute Gasteiger partial charge is 0.494 e. The summed E-state index contributed by atoms with van der Waals surface area (Å²) in [5.74, 6) is 1.07. The van der Waals surface area contributed by atoms with E-state index in [0.717, 1.165) is 11.1 Å². The number of para-hydroxylation sites is 1. The van der Waals surface area contributed by atoms with Crippen LogP contribution in [0.25, 0.3) is 6.08 Å². The van der Waals surface area contributed by atoms with Crippen molar-refractivity contribution in [1.29, 1.82) is 0 Å². The van der Waals surface area contributed by atoms with E-state index in [-0.39, 0.29) is 18.8 Å². The molecule has 1 aliphatic rings. The number of benzene rings is 3. The highest BCUT2D eigenvalue weighted by molar-refractivity contribution is 7.07. The summed E-state index contributed by atoms with van der Waals surface area (Å²) >= 11 is 13.4. The van der Waals surface area contributed by atoms with Crippen molar-refractivity contribution in [3.8, 4) is 17.2 Å². The maximum atomic E-state index is 14.0. The predicted molar refractivity (Wildman–Crippen MR) is 172 cm³/mol. The van der Waals surface area contributed by atoms with E-state index < -0.39 is 12.0 Å². The van der Waals surface area contributed by atoms with Gasteiger partial charge in [-0.2, -0.15) is 0 Å². The Hall–Kier alpha value is -4.05. The highest BCUT2D eigenvalue weighted by Gasteiger charge is 2.35. The molecule has 0 N–H and O–H groups in total. The Morgan fingerprint density at radius 2 is 1.77 bits per heavy atom. The SMILES string of the molecule is CCOC(=O)C1=C(C)N=c2s/c(=C\c3ccc(OCc4ccc(Cl)c(Cl)c4)c(OC)c3)c(=O)n2[C@@H]1c1ccccc1OCC. The van der Waals surface area contributed by atoms with E-state index in [1.807, 2.05) is 43.3 Å². The molecule has 1 atom stereocenters. The summed E-state index contributed by atoms with van der Waals surface area (Å²) in [5.41, 5.74) is 2.73. The molecule has 8 nitrogen and oxygen atoms in total. The molecule has 0 saturated carbocycles. The van der Waals surface area contributed by atoms with Gasteiger partial charge in [0.25, 0.3) is 5.56 Å². The lowest BCUT2D eigenvalue weighted by atomic mass is 9.95. The zero-order valence-electron chi connectivity index (χ0n) is 24.6. The van der Waals surface area contributed by atoms with Crippen LogP contribution in [0.4, 0.5) is 0 Å². The number of fused-ring (bicyclic) bond motifs is 1. The van der Waals surface area contributed by atoms with Crippen LogP contribution in [0.15, 0.2) is 81.7 Å². The van der Waals surface area contributed by atoms with Crippen LogP contribution < -0.4 is 29.1 Å². The second-order valence-electron chi connectivity index (χ2n) is 9.72. The van der Waals surface area contributed by atoms with Crippen molar-refractivity contribution in [3.05, 3.63) is 118 Å². The lowest BCUT2D eigenvalue weighted by Gasteiger charge is -2.26. The lowest BCUT2D eigenvalue weighted by Crippen LogP contribution is -2.40. The third-order valence-corrected chi connectivity index (χ3v) is 8.62. The molecular weight excluding hydrogens is 623 g/mol. The topological polar surface area (TPSA) is 88.4 Å². The van der Waals surface area contributed by atoms with Gasteiger partial charge in [0.2, 0.25) is 0 Å². The Morgan fingerprint density at radius 1 is 0.977 bits per heavy atom. The number of methoxy groups -OCH3 is 1. The number of nitrogens with zero attached hydrogens (tertiary/aromatic N) is 2. The lowest BCUT2D eigenvalue weighted by molar-refractivity contribution is -0.139. The Labute approximate surface area is 268 Å². The average Bonchev–Trinajstić information content (AvgIpc) is 3.31. The molecule has 0 unspecified atom stereocenters. The van der Waals surface area contributed by atoms with Crippen LogP contribution in [0.1, 0.15) is 43.5 Å². The number of esters is 1. The van der Waals surface area contributed by atoms with Crippen LogP contribution in [0.5, 0.6) is 17.2 Å². The molecule has 3 aromatic carbocycles. The van der Waals surface area contributed by atoms with Crippen molar-refractivity contribution in [2.45, 2.75) is 33.4 Å². The highest BCUT2D eigenvalue weighted by Crippen LogP contribution is 2.36. The van der Waals surface area contributed by atoms with Crippen LogP contribution in [0.3, 0.4) is 0 Å². The smallest absolute Gasteiger partial charge is 0.338 e. The Morgan fingerprint density at radius 3 is 2.50 bits per heavy atom. The van der Waals surface area contributed by atoms with Gasteiger partial charge in [0.05, 0.1) is 46.2 Å². The minimum Gasteiger partial charge on any atom is -0.494 e. The third kappa shape index (κ3) is 6.40. The third-order valence-electron chi connectivity index (χ3n) is 6.89. The number of ether oxygens (including phenoxy) is 4. The zero-order chi connectivity index (χ0) is 31.4. The highest BCUT2D eigenvalue weighted by atomic mass is 35.5. The number of rotatable bonds is 10. The molecule has 0 amide bonds. The Balaban J connectivity index is 1.55. The van der Waals surface area contributed by atoms with E-state index in [0.29, 0.717) is 60.1 Å². The van der Waals surface area contributed by atoms with E-state index in [9.17, 15) is 9.59 Å². The van der Waals surface area contributed by atoms with Crippen LogP contribution in [0.2, 0.25) is 10.0 Å². The van der Waals surface area contributed by atoms with Crippen molar-refractivity contribution in [2.75, 3.05) is 20.3 Å². The van der Waals surface area contributed by atoms with Gasteiger partial charge in [0, 0.05) is 5.56 Å². The summed E-state index contributed by atoms with van der Waals surface area (Å²) in [4.78, 5) is 32.4. The standard InChI is InChI=1S/C33H30Cl2N2O6S/c1-5-41-25-10-8-7-9-22(25)30-29(32(39)42-6-2)19(3)36-33-37(30)31(38)28(44-33)17-20-12-14-26(27(16-20)40-4)43-18-21-11-13-23(34)24(35)15-21/h7-17,30H,5-6,18H2,1-4H3/b28-17-/t30-/m1/s1. The Bertz CT molecular complexity index is 1930.